The summed E-state index contributed by atoms with van der Waals surface area (Å²) in [6.07, 6.45) is 4.09. The summed E-state index contributed by atoms with van der Waals surface area (Å²) in [4.78, 5) is 26.9. The summed E-state index contributed by atoms with van der Waals surface area (Å²) in [7, 11) is 0. The Morgan fingerprint density at radius 1 is 1.38 bits per heavy atom. The van der Waals surface area contributed by atoms with Crippen molar-refractivity contribution in [3.05, 3.63) is 63.3 Å². The third-order valence-electron chi connectivity index (χ3n) is 6.44. The number of rotatable bonds is 11. The van der Waals surface area contributed by atoms with E-state index in [1.807, 2.05) is 30.5 Å². The summed E-state index contributed by atoms with van der Waals surface area (Å²) < 4.78 is 13.3. The molecule has 1 aliphatic carbocycles. The van der Waals surface area contributed by atoms with Crippen LogP contribution in [0, 0.1) is 12.8 Å². The highest BCUT2D eigenvalue weighted by molar-refractivity contribution is 7.99. The smallest absolute Gasteiger partial charge is 0.341 e. The maximum Gasteiger partial charge on any atom is 0.341 e. The van der Waals surface area contributed by atoms with Gasteiger partial charge in [-0.15, -0.1) is 28.1 Å². The van der Waals surface area contributed by atoms with Crippen LogP contribution in [0.2, 0.25) is 5.02 Å². The second-order valence-corrected chi connectivity index (χ2v) is 12.0. The maximum atomic E-state index is 13.0. The highest BCUT2D eigenvalue weighted by Gasteiger charge is 2.29. The topological polar surface area (TPSA) is 95.3 Å². The lowest BCUT2D eigenvalue weighted by Crippen LogP contribution is -2.18. The first-order valence-corrected chi connectivity index (χ1v) is 15.1. The van der Waals surface area contributed by atoms with E-state index in [1.54, 1.807) is 19.1 Å². The van der Waals surface area contributed by atoms with E-state index < -0.39 is 6.10 Å². The number of thioether (sulfide) groups is 1. The van der Waals surface area contributed by atoms with Crippen LogP contribution in [-0.4, -0.2) is 39.0 Å². The van der Waals surface area contributed by atoms with Crippen LogP contribution in [0.4, 0.5) is 5.00 Å². The predicted octanol–water partition coefficient (Wildman–Crippen LogP) is 6.66. The maximum absolute atomic E-state index is 13.0. The summed E-state index contributed by atoms with van der Waals surface area (Å²) in [6.45, 7) is 12.4. The van der Waals surface area contributed by atoms with E-state index in [0.29, 0.717) is 44.8 Å². The molecule has 0 saturated carbocycles. The van der Waals surface area contributed by atoms with Crippen molar-refractivity contribution in [3.63, 3.8) is 0 Å². The van der Waals surface area contributed by atoms with Gasteiger partial charge in [-0.1, -0.05) is 36.4 Å². The molecule has 2 unspecified atom stereocenters. The quantitative estimate of drug-likeness (QED) is 0.152. The predicted molar refractivity (Wildman–Crippen MR) is 156 cm³/mol. The van der Waals surface area contributed by atoms with Crippen LogP contribution in [0.1, 0.15) is 65.5 Å². The number of thiophene rings is 1. The van der Waals surface area contributed by atoms with Gasteiger partial charge in [0.25, 0.3) is 0 Å². The molecule has 39 heavy (non-hydrogen) atoms. The molecule has 11 heteroatoms. The Bertz CT molecular complexity index is 1370. The number of ether oxygens (including phenoxy) is 2. The molecule has 0 radical (unpaired) electrons. The molecule has 0 aliphatic heterocycles. The van der Waals surface area contributed by atoms with Gasteiger partial charge < -0.3 is 14.8 Å². The number of hydrogen-bond donors (Lipinski definition) is 1. The molecule has 4 rings (SSSR count). The number of benzene rings is 1. The van der Waals surface area contributed by atoms with Crippen LogP contribution in [0.15, 0.2) is 36.0 Å². The summed E-state index contributed by atoms with van der Waals surface area (Å²) in [5.74, 6) is 1.33. The van der Waals surface area contributed by atoms with Gasteiger partial charge in [0, 0.05) is 16.4 Å². The molecule has 1 aliphatic rings. The Kier molecular flexibility index (Phi) is 9.74. The first kappa shape index (κ1) is 29.2. The van der Waals surface area contributed by atoms with Crippen molar-refractivity contribution >= 4 is 51.6 Å². The minimum atomic E-state index is -0.395. The fourth-order valence-corrected chi connectivity index (χ4v) is 6.79. The second-order valence-electron chi connectivity index (χ2n) is 9.52. The number of esters is 1. The fraction of sp³-hybridized carbons (Fsp3) is 0.429. The van der Waals surface area contributed by atoms with E-state index in [0.717, 1.165) is 35.3 Å². The van der Waals surface area contributed by atoms with Gasteiger partial charge in [-0.2, -0.15) is 0 Å². The van der Waals surface area contributed by atoms with E-state index in [1.165, 1.54) is 23.1 Å². The molecule has 208 valence electrons. The van der Waals surface area contributed by atoms with Gasteiger partial charge in [-0.25, -0.2) is 4.79 Å². The van der Waals surface area contributed by atoms with Crippen molar-refractivity contribution in [3.8, 4) is 5.75 Å². The Labute approximate surface area is 242 Å². The second kappa shape index (κ2) is 13.0. The van der Waals surface area contributed by atoms with Crippen LogP contribution in [0.3, 0.4) is 0 Å². The van der Waals surface area contributed by atoms with Crippen molar-refractivity contribution in [1.82, 2.24) is 14.8 Å². The first-order chi connectivity index (χ1) is 18.7. The first-order valence-electron chi connectivity index (χ1n) is 12.9. The number of aryl methyl sites for hydroxylation is 1. The monoisotopic (exact) mass is 588 g/mol. The molecule has 8 nitrogen and oxygen atoms in total. The van der Waals surface area contributed by atoms with E-state index in [4.69, 9.17) is 21.1 Å². The van der Waals surface area contributed by atoms with E-state index in [9.17, 15) is 9.59 Å². The number of nitrogens with zero attached hydrogens (tertiary/aromatic N) is 3. The molecule has 2 aromatic heterocycles. The van der Waals surface area contributed by atoms with Crippen LogP contribution in [-0.2, 0) is 28.9 Å². The number of anilines is 1. The molecule has 1 N–H and O–H groups in total. The van der Waals surface area contributed by atoms with Gasteiger partial charge in [-0.3, -0.25) is 9.36 Å². The minimum absolute atomic E-state index is 0.0993. The lowest BCUT2D eigenvalue weighted by Gasteiger charge is -2.18. The van der Waals surface area contributed by atoms with E-state index in [2.05, 4.69) is 29.0 Å². The molecule has 3 aromatic rings. The van der Waals surface area contributed by atoms with Crippen LogP contribution in [0.25, 0.3) is 0 Å². The number of nitrogens with one attached hydrogen (secondary N) is 1. The highest BCUT2D eigenvalue weighted by atomic mass is 35.5. The fourth-order valence-electron chi connectivity index (χ4n) is 4.51. The van der Waals surface area contributed by atoms with Crippen LogP contribution in [0.5, 0.6) is 5.75 Å². The number of carbonyl (C=O) groups excluding carboxylic acids is 2. The molecule has 1 aromatic carbocycles. The van der Waals surface area contributed by atoms with E-state index >= 15 is 0 Å². The number of hydrogen-bond acceptors (Lipinski definition) is 8. The number of fused-ring (bicyclic) bond motifs is 1. The summed E-state index contributed by atoms with van der Waals surface area (Å²) in [6, 6.07) is 5.49. The number of amides is 1. The summed E-state index contributed by atoms with van der Waals surface area (Å²) in [5.41, 5.74) is 2.44. The Balaban J connectivity index is 1.46. The molecule has 2 heterocycles. The SMILES string of the molecule is C=CCn1c(SCC(=O)Nc2sc3c(c2C(=O)OCC)CCC(C)C3)nnc1C(C)Oc1ccc(Cl)c(C)c1. The lowest BCUT2D eigenvalue weighted by molar-refractivity contribution is -0.113. The zero-order chi connectivity index (χ0) is 28.1. The average molecular weight is 589 g/mol. The van der Waals surface area contributed by atoms with Gasteiger partial charge in [-0.05, 0) is 75.3 Å². The largest absolute Gasteiger partial charge is 0.483 e. The molecule has 0 bridgehead atoms. The van der Waals surface area contributed by atoms with Crippen LogP contribution < -0.4 is 10.1 Å². The van der Waals surface area contributed by atoms with Gasteiger partial charge in [0.2, 0.25) is 5.91 Å². The normalized spacial score (nSPS) is 15.4. The highest BCUT2D eigenvalue weighted by Crippen LogP contribution is 2.40. The van der Waals surface area contributed by atoms with Gasteiger partial charge in [0.05, 0.1) is 17.9 Å². The third-order valence-corrected chi connectivity index (χ3v) is 9.00. The molecular formula is C28H33ClN4O4S2. The zero-order valence-corrected chi connectivity index (χ0v) is 25.0. The number of carbonyl (C=O) groups is 2. The summed E-state index contributed by atoms with van der Waals surface area (Å²) in [5, 5.41) is 13.4. The minimum Gasteiger partial charge on any atom is -0.483 e. The molecule has 1 amide bonds. The van der Waals surface area contributed by atoms with Gasteiger partial charge in [0.1, 0.15) is 10.8 Å². The zero-order valence-electron chi connectivity index (χ0n) is 22.6. The van der Waals surface area contributed by atoms with Gasteiger partial charge >= 0.3 is 5.97 Å². The third kappa shape index (κ3) is 6.85. The van der Waals surface area contributed by atoms with Crippen molar-refractivity contribution in [1.29, 1.82) is 0 Å². The Morgan fingerprint density at radius 2 is 2.18 bits per heavy atom. The van der Waals surface area contributed by atoms with Gasteiger partial charge in [0.15, 0.2) is 17.1 Å². The molecular weight excluding hydrogens is 556 g/mol. The Hall–Kier alpha value is -2.82. The van der Waals surface area contributed by atoms with Crippen LogP contribution >= 0.6 is 34.7 Å². The molecule has 0 saturated heterocycles. The van der Waals surface area contributed by atoms with Crippen molar-refractivity contribution in [2.24, 2.45) is 5.92 Å². The van der Waals surface area contributed by atoms with Crippen molar-refractivity contribution < 1.29 is 19.1 Å². The molecule has 2 atom stereocenters. The molecule has 0 fully saturated rings. The molecule has 0 spiro atoms. The standard InChI is InChI=1S/C28H33ClN4O4S2/c1-6-12-33-25(18(5)37-19-9-11-21(29)17(4)14-19)31-32-28(33)38-15-23(34)30-26-24(27(35)36-7-2)20-10-8-16(3)13-22(20)39-26/h6,9,11,14,16,18H,1,7-8,10,12-13,15H2,2-5H3,(H,30,34). The van der Waals surface area contributed by atoms with E-state index in [-0.39, 0.29) is 24.2 Å². The number of halogens is 1. The van der Waals surface area contributed by atoms with Crippen molar-refractivity contribution in [2.75, 3.05) is 17.7 Å². The number of aromatic nitrogens is 3. The number of allylic oxidation sites excluding steroid dienone is 1. The lowest BCUT2D eigenvalue weighted by atomic mass is 9.88. The average Bonchev–Trinajstić information content (AvgIpc) is 3.45. The van der Waals surface area contributed by atoms with Crippen molar-refractivity contribution in [2.45, 2.75) is 64.8 Å². The summed E-state index contributed by atoms with van der Waals surface area (Å²) >= 11 is 8.88. The Morgan fingerprint density at radius 3 is 2.90 bits per heavy atom.